The van der Waals surface area contributed by atoms with E-state index in [1.54, 1.807) is 24.0 Å². The van der Waals surface area contributed by atoms with E-state index < -0.39 is 17.8 Å². The minimum atomic E-state index is -4.39. The van der Waals surface area contributed by atoms with E-state index in [0.29, 0.717) is 16.5 Å². The summed E-state index contributed by atoms with van der Waals surface area (Å²) in [5, 5.41) is 4.21. The molecule has 3 N–H and O–H groups in total. The average Bonchev–Trinajstić information content (AvgIpc) is 2.81. The fraction of sp³-hybridized carbons (Fsp3) is 0.308. The van der Waals surface area contributed by atoms with Gasteiger partial charge in [-0.15, -0.1) is 0 Å². The van der Waals surface area contributed by atoms with Gasteiger partial charge in [0.2, 0.25) is 0 Å². The van der Waals surface area contributed by atoms with Gasteiger partial charge in [-0.1, -0.05) is 15.9 Å². The Morgan fingerprint density at radius 2 is 2.10 bits per heavy atom. The first-order valence-electron chi connectivity index (χ1n) is 6.12. The lowest BCUT2D eigenvalue weighted by molar-refractivity contribution is -0.137. The van der Waals surface area contributed by atoms with Gasteiger partial charge in [-0.05, 0) is 29.8 Å². The molecule has 0 spiro atoms. The molecule has 8 heteroatoms. The summed E-state index contributed by atoms with van der Waals surface area (Å²) in [6.45, 7) is 0. The van der Waals surface area contributed by atoms with Crippen LogP contribution in [0.3, 0.4) is 0 Å². The molecule has 0 saturated carbocycles. The molecule has 21 heavy (non-hydrogen) atoms. The maximum Gasteiger partial charge on any atom is 0.416 e. The molecule has 1 unspecified atom stereocenters. The summed E-state index contributed by atoms with van der Waals surface area (Å²) in [6, 6.07) is 4.82. The Labute approximate surface area is 128 Å². The van der Waals surface area contributed by atoms with E-state index in [0.717, 1.165) is 17.8 Å². The molecule has 4 nitrogen and oxygen atoms in total. The zero-order valence-electron chi connectivity index (χ0n) is 11.2. The van der Waals surface area contributed by atoms with Gasteiger partial charge in [-0.3, -0.25) is 16.0 Å². The predicted octanol–water partition coefficient (Wildman–Crippen LogP) is 2.95. The molecule has 1 atom stereocenters. The van der Waals surface area contributed by atoms with Crippen LogP contribution in [0.15, 0.2) is 34.9 Å². The zero-order chi connectivity index (χ0) is 15.6. The van der Waals surface area contributed by atoms with Crippen LogP contribution < -0.4 is 11.3 Å². The maximum atomic E-state index is 12.8. The van der Waals surface area contributed by atoms with E-state index in [9.17, 15) is 13.2 Å². The molecule has 2 aromatic rings. The van der Waals surface area contributed by atoms with Crippen LogP contribution in [-0.2, 0) is 19.6 Å². The highest BCUT2D eigenvalue weighted by Crippen LogP contribution is 2.34. The number of nitrogens with one attached hydrogen (secondary N) is 1. The highest BCUT2D eigenvalue weighted by molar-refractivity contribution is 9.10. The van der Waals surface area contributed by atoms with E-state index in [1.807, 2.05) is 0 Å². The number of alkyl halides is 3. The van der Waals surface area contributed by atoms with Crippen LogP contribution in [0.25, 0.3) is 0 Å². The number of hydrogen-bond acceptors (Lipinski definition) is 3. The van der Waals surface area contributed by atoms with Crippen LogP contribution in [0, 0.1) is 0 Å². The minimum absolute atomic E-state index is 0.386. The third-order valence-corrected chi connectivity index (χ3v) is 3.80. The molecule has 1 aromatic heterocycles. The molecule has 1 aromatic carbocycles. The highest BCUT2D eigenvalue weighted by Gasteiger charge is 2.31. The summed E-state index contributed by atoms with van der Waals surface area (Å²) in [7, 11) is 1.77. The van der Waals surface area contributed by atoms with Crippen LogP contribution in [0.1, 0.15) is 22.9 Å². The fourth-order valence-electron chi connectivity index (χ4n) is 2.03. The summed E-state index contributed by atoms with van der Waals surface area (Å²) in [5.74, 6) is 5.50. The van der Waals surface area contributed by atoms with Crippen LogP contribution in [0.2, 0.25) is 0 Å². The Hall–Kier alpha value is -1.38. The summed E-state index contributed by atoms with van der Waals surface area (Å²) in [5.41, 5.74) is 3.03. The normalized spacial score (nSPS) is 13.4. The Bertz CT molecular complexity index is 624. The second-order valence-electron chi connectivity index (χ2n) is 4.64. The van der Waals surface area contributed by atoms with Gasteiger partial charge in [0.05, 0.1) is 17.3 Å². The van der Waals surface area contributed by atoms with Crippen molar-refractivity contribution in [1.82, 2.24) is 15.2 Å². The van der Waals surface area contributed by atoms with Gasteiger partial charge < -0.3 is 0 Å². The second-order valence-corrected chi connectivity index (χ2v) is 5.49. The number of nitrogens with two attached hydrogens (primary N) is 1. The van der Waals surface area contributed by atoms with Gasteiger partial charge in [-0.2, -0.15) is 18.3 Å². The molecule has 0 aliphatic carbocycles. The number of halogens is 4. The first-order valence-corrected chi connectivity index (χ1v) is 6.92. The van der Waals surface area contributed by atoms with Gasteiger partial charge in [0.1, 0.15) is 0 Å². The Balaban J connectivity index is 2.33. The number of benzene rings is 1. The van der Waals surface area contributed by atoms with Crippen molar-refractivity contribution in [2.75, 3.05) is 0 Å². The van der Waals surface area contributed by atoms with Crippen molar-refractivity contribution in [1.29, 1.82) is 0 Å². The van der Waals surface area contributed by atoms with Crippen LogP contribution >= 0.6 is 15.9 Å². The van der Waals surface area contributed by atoms with Gasteiger partial charge in [0.25, 0.3) is 0 Å². The largest absolute Gasteiger partial charge is 0.416 e. The molecule has 0 radical (unpaired) electrons. The second kappa shape index (κ2) is 6.17. The third kappa shape index (κ3) is 3.84. The monoisotopic (exact) mass is 362 g/mol. The minimum Gasteiger partial charge on any atom is -0.276 e. The average molecular weight is 363 g/mol. The van der Waals surface area contributed by atoms with Crippen molar-refractivity contribution in [2.24, 2.45) is 12.9 Å². The maximum absolute atomic E-state index is 12.8. The quantitative estimate of drug-likeness (QED) is 0.649. The topological polar surface area (TPSA) is 55.9 Å². The lowest BCUT2D eigenvalue weighted by atomic mass is 10.0. The molecule has 2 rings (SSSR count). The van der Waals surface area contributed by atoms with Gasteiger partial charge >= 0.3 is 6.18 Å². The van der Waals surface area contributed by atoms with Crippen LogP contribution in [0.4, 0.5) is 13.2 Å². The summed E-state index contributed by atoms with van der Waals surface area (Å²) >= 11 is 3.27. The van der Waals surface area contributed by atoms with Crippen LogP contribution in [0.5, 0.6) is 0 Å². The third-order valence-electron chi connectivity index (χ3n) is 3.08. The van der Waals surface area contributed by atoms with Crippen molar-refractivity contribution in [3.63, 3.8) is 0 Å². The van der Waals surface area contributed by atoms with E-state index >= 15 is 0 Å². The number of hydrazine groups is 1. The van der Waals surface area contributed by atoms with Crippen molar-refractivity contribution >= 4 is 15.9 Å². The van der Waals surface area contributed by atoms with Gasteiger partial charge in [0, 0.05) is 24.1 Å². The standard InChI is InChI=1S/C13H14BrF3N4/c1-21-5-4-9(20-21)7-12(19-18)10-6-8(13(15,16)17)2-3-11(10)14/h2-6,12,19H,7,18H2,1H3. The Kier molecular flexibility index (Phi) is 4.70. The molecule has 114 valence electrons. The number of aromatic nitrogens is 2. The number of hydrogen-bond donors (Lipinski definition) is 2. The molecule has 1 heterocycles. The van der Waals surface area contributed by atoms with E-state index in [4.69, 9.17) is 5.84 Å². The Morgan fingerprint density at radius 3 is 2.62 bits per heavy atom. The zero-order valence-corrected chi connectivity index (χ0v) is 12.7. The molecule has 0 fully saturated rings. The lowest BCUT2D eigenvalue weighted by Gasteiger charge is -2.18. The van der Waals surface area contributed by atoms with Gasteiger partial charge in [0.15, 0.2) is 0 Å². The number of rotatable bonds is 4. The summed E-state index contributed by atoms with van der Waals surface area (Å²) in [4.78, 5) is 0. The molecule has 0 amide bonds. The lowest BCUT2D eigenvalue weighted by Crippen LogP contribution is -2.30. The van der Waals surface area contributed by atoms with E-state index in [2.05, 4.69) is 26.5 Å². The molecule has 0 bridgehead atoms. The van der Waals surface area contributed by atoms with Crippen molar-refractivity contribution in [3.8, 4) is 0 Å². The Morgan fingerprint density at radius 1 is 1.38 bits per heavy atom. The first kappa shape index (κ1) is 16.0. The highest BCUT2D eigenvalue weighted by atomic mass is 79.9. The number of aryl methyl sites for hydroxylation is 1. The van der Waals surface area contributed by atoms with E-state index in [-0.39, 0.29) is 0 Å². The molecular formula is C13H14BrF3N4. The number of nitrogens with zero attached hydrogens (tertiary/aromatic N) is 2. The van der Waals surface area contributed by atoms with Crippen molar-refractivity contribution in [2.45, 2.75) is 18.6 Å². The summed E-state index contributed by atoms with van der Waals surface area (Å²) in [6.07, 6.45) is -2.24. The SMILES string of the molecule is Cn1ccc(CC(NN)c2cc(C(F)(F)F)ccc2Br)n1. The first-order chi connectivity index (χ1) is 9.81. The predicted molar refractivity (Wildman–Crippen MR) is 76.1 cm³/mol. The summed E-state index contributed by atoms with van der Waals surface area (Å²) < 4.78 is 40.6. The van der Waals surface area contributed by atoms with Crippen molar-refractivity contribution < 1.29 is 13.2 Å². The van der Waals surface area contributed by atoms with Crippen molar-refractivity contribution in [3.05, 3.63) is 51.8 Å². The molecule has 0 aliphatic heterocycles. The van der Waals surface area contributed by atoms with E-state index in [1.165, 1.54) is 6.07 Å². The smallest absolute Gasteiger partial charge is 0.276 e. The molecular weight excluding hydrogens is 349 g/mol. The van der Waals surface area contributed by atoms with Crippen LogP contribution in [-0.4, -0.2) is 9.78 Å². The molecule has 0 saturated heterocycles. The fourth-order valence-corrected chi connectivity index (χ4v) is 2.55. The molecule has 0 aliphatic rings. The van der Waals surface area contributed by atoms with Gasteiger partial charge in [-0.25, -0.2) is 0 Å².